The molecule has 314 valence electrons. The lowest BCUT2D eigenvalue weighted by molar-refractivity contribution is -0.440. The minimum absolute atomic E-state index is 0.0461. The van der Waals surface area contributed by atoms with Crippen LogP contribution in [0.5, 0.6) is 5.75 Å². The van der Waals surface area contributed by atoms with Crippen molar-refractivity contribution in [3.05, 3.63) is 29.8 Å². The van der Waals surface area contributed by atoms with Crippen molar-refractivity contribution < 1.29 is 100 Å². The van der Waals surface area contributed by atoms with E-state index in [1.807, 2.05) is 6.07 Å². The van der Waals surface area contributed by atoms with Gasteiger partial charge in [-0.2, -0.15) is 62.3 Å². The number of nitrogens with zero attached hydrogens (tertiary/aromatic N) is 1. The molecule has 2 atom stereocenters. The largest absolute Gasteiger partial charge is 0.491 e. The van der Waals surface area contributed by atoms with Gasteiger partial charge in [0.25, 0.3) is 0 Å². The molecule has 0 aromatic heterocycles. The summed E-state index contributed by atoms with van der Waals surface area (Å²) < 4.78 is 198. The molecule has 2 unspecified atom stereocenters. The number of carbonyl (C=O) groups is 3. The van der Waals surface area contributed by atoms with Crippen molar-refractivity contribution in [1.29, 1.82) is 5.26 Å². The molecule has 0 aliphatic carbocycles. The molecule has 0 radical (unpaired) electrons. The summed E-state index contributed by atoms with van der Waals surface area (Å²) in [6, 6.07) is 8.11. The second-order valence-electron chi connectivity index (χ2n) is 11.5. The molecule has 0 spiro atoms. The Kier molecular flexibility index (Phi) is 18.5. The topological polar surface area (TPSA) is 141 Å². The van der Waals surface area contributed by atoms with Gasteiger partial charge in [0, 0.05) is 6.42 Å². The van der Waals surface area contributed by atoms with Gasteiger partial charge in [0.05, 0.1) is 56.3 Å². The summed E-state index contributed by atoms with van der Waals surface area (Å²) in [6.07, 6.45) is -11.7. The zero-order valence-electron chi connectivity index (χ0n) is 28.7. The number of aliphatic hydroxyl groups excluding tert-OH is 1. The Morgan fingerprint density at radius 1 is 0.673 bits per heavy atom. The van der Waals surface area contributed by atoms with Crippen LogP contribution < -0.4 is 4.74 Å². The van der Waals surface area contributed by atoms with E-state index < -0.39 is 91.6 Å². The predicted molar refractivity (Wildman–Crippen MR) is 159 cm³/mol. The summed E-state index contributed by atoms with van der Waals surface area (Å²) >= 11 is 0. The van der Waals surface area contributed by atoms with Crippen LogP contribution in [0, 0.1) is 23.2 Å². The summed E-state index contributed by atoms with van der Waals surface area (Å²) in [5, 5.41) is 17.6. The molecule has 1 N–H and O–H groups in total. The van der Waals surface area contributed by atoms with Crippen molar-refractivity contribution in [2.24, 2.45) is 11.8 Å². The number of halogens is 13. The first kappa shape index (κ1) is 48.9. The highest BCUT2D eigenvalue weighted by molar-refractivity contribution is 5.75. The van der Waals surface area contributed by atoms with Crippen molar-refractivity contribution in [1.82, 2.24) is 0 Å². The van der Waals surface area contributed by atoms with Crippen LogP contribution in [0.2, 0.25) is 0 Å². The molecule has 0 amide bonds. The van der Waals surface area contributed by atoms with E-state index in [9.17, 15) is 71.5 Å². The van der Waals surface area contributed by atoms with Crippen LogP contribution in [-0.4, -0.2) is 105 Å². The molecule has 0 heterocycles. The molecule has 0 fully saturated rings. The number of carbonyl (C=O) groups excluding carboxylic acids is 3. The van der Waals surface area contributed by atoms with E-state index >= 15 is 0 Å². The minimum Gasteiger partial charge on any atom is -0.491 e. The summed E-state index contributed by atoms with van der Waals surface area (Å²) in [6.45, 7) is -1.79. The SMILES string of the molecule is CCC(CCC(CCC(=O)OCCO)C(=O)OCCOCCOc1ccc(C#N)cc1)C(=O)OCCC(F)(F)C(F)(F)C(F)(F)C(F)(F)C(F)(F)C(F)(F)F. The van der Waals surface area contributed by atoms with E-state index in [2.05, 4.69) is 4.74 Å². The molecule has 23 heteroatoms. The molecule has 0 aliphatic heterocycles. The fourth-order valence-corrected chi connectivity index (χ4v) is 4.42. The lowest BCUT2D eigenvalue weighted by Crippen LogP contribution is -2.70. The monoisotopic (exact) mass is 825 g/mol. The second kappa shape index (κ2) is 20.7. The molecular formula is C32H36F13NO9. The molecule has 0 saturated heterocycles. The Balaban J connectivity index is 2.81. The quantitative estimate of drug-likeness (QED) is 0.0479. The van der Waals surface area contributed by atoms with E-state index in [4.69, 9.17) is 29.3 Å². The lowest BCUT2D eigenvalue weighted by Gasteiger charge is -2.39. The third kappa shape index (κ3) is 13.0. The summed E-state index contributed by atoms with van der Waals surface area (Å²) in [7, 11) is 0. The number of esters is 3. The maximum Gasteiger partial charge on any atom is 0.460 e. The number of hydrogen-bond acceptors (Lipinski definition) is 10. The Bertz CT molecular complexity index is 1420. The first-order valence-corrected chi connectivity index (χ1v) is 16.1. The van der Waals surface area contributed by atoms with Gasteiger partial charge in [-0.1, -0.05) is 6.92 Å². The van der Waals surface area contributed by atoms with Crippen LogP contribution in [0.25, 0.3) is 0 Å². The number of rotatable bonds is 25. The highest BCUT2D eigenvalue weighted by Crippen LogP contribution is 2.60. The van der Waals surface area contributed by atoms with Crippen LogP contribution in [0.15, 0.2) is 24.3 Å². The van der Waals surface area contributed by atoms with Gasteiger partial charge in [0.2, 0.25) is 0 Å². The number of aliphatic hydroxyl groups is 1. The fraction of sp³-hybridized carbons (Fsp3) is 0.688. The van der Waals surface area contributed by atoms with E-state index in [-0.39, 0.29) is 58.7 Å². The predicted octanol–water partition coefficient (Wildman–Crippen LogP) is 6.91. The van der Waals surface area contributed by atoms with Gasteiger partial charge in [-0.15, -0.1) is 0 Å². The van der Waals surface area contributed by atoms with Crippen LogP contribution in [0.4, 0.5) is 57.1 Å². The Labute approximate surface area is 304 Å². The van der Waals surface area contributed by atoms with Gasteiger partial charge in [0.15, 0.2) is 0 Å². The highest BCUT2D eigenvalue weighted by Gasteiger charge is 2.90. The second-order valence-corrected chi connectivity index (χ2v) is 11.5. The van der Waals surface area contributed by atoms with Crippen molar-refractivity contribution in [2.75, 3.05) is 46.2 Å². The van der Waals surface area contributed by atoms with Crippen LogP contribution in [0.1, 0.15) is 51.0 Å². The third-order valence-corrected chi connectivity index (χ3v) is 7.68. The van der Waals surface area contributed by atoms with Crippen molar-refractivity contribution in [3.63, 3.8) is 0 Å². The minimum atomic E-state index is -8.06. The fourth-order valence-electron chi connectivity index (χ4n) is 4.42. The molecule has 10 nitrogen and oxygen atoms in total. The molecular weight excluding hydrogens is 789 g/mol. The number of alkyl halides is 13. The Morgan fingerprint density at radius 2 is 1.20 bits per heavy atom. The summed E-state index contributed by atoms with van der Waals surface area (Å²) in [4.78, 5) is 37.2. The molecule has 1 rings (SSSR count). The average Bonchev–Trinajstić information content (AvgIpc) is 3.10. The van der Waals surface area contributed by atoms with Gasteiger partial charge in [-0.05, 0) is 49.9 Å². The molecule has 55 heavy (non-hydrogen) atoms. The maximum absolute atomic E-state index is 14.1. The summed E-state index contributed by atoms with van der Waals surface area (Å²) in [5.41, 5.74) is 0.417. The number of nitriles is 1. The Morgan fingerprint density at radius 3 is 1.75 bits per heavy atom. The number of hydrogen-bond donors (Lipinski definition) is 1. The van der Waals surface area contributed by atoms with Crippen molar-refractivity contribution in [3.8, 4) is 11.8 Å². The molecule has 0 bridgehead atoms. The van der Waals surface area contributed by atoms with Crippen molar-refractivity contribution in [2.45, 2.75) is 81.2 Å². The molecule has 0 saturated carbocycles. The van der Waals surface area contributed by atoms with Gasteiger partial charge in [-0.25, -0.2) is 0 Å². The highest BCUT2D eigenvalue weighted by atomic mass is 19.4. The molecule has 1 aromatic carbocycles. The first-order valence-electron chi connectivity index (χ1n) is 16.1. The lowest BCUT2D eigenvalue weighted by atomic mass is 9.91. The summed E-state index contributed by atoms with van der Waals surface area (Å²) in [5.74, 6) is -43.1. The van der Waals surface area contributed by atoms with Gasteiger partial charge in [-0.3, -0.25) is 14.4 Å². The standard InChI is InChI=1S/C32H36F13NO9/c1-2-21(25(49)54-13-11-27(33,34)28(35,36)29(37,38)30(39,40)31(41,42)32(43,44)45)5-6-22(7-10-24(48)53-14-12-47)26(50)55-18-16-51-15-17-52-23-8-3-20(19-46)4-9-23/h3-4,8-9,21-22,47H,2,5-7,10-18H2,1H3. The first-order chi connectivity index (χ1) is 25.3. The smallest absolute Gasteiger partial charge is 0.460 e. The maximum atomic E-state index is 14.1. The van der Waals surface area contributed by atoms with Gasteiger partial charge < -0.3 is 28.8 Å². The van der Waals surface area contributed by atoms with Gasteiger partial charge in [0.1, 0.15) is 25.6 Å². The number of benzene rings is 1. The Hall–Kier alpha value is -4.07. The van der Waals surface area contributed by atoms with E-state index in [1.54, 1.807) is 12.1 Å². The van der Waals surface area contributed by atoms with Gasteiger partial charge >= 0.3 is 53.7 Å². The van der Waals surface area contributed by atoms with E-state index in [0.29, 0.717) is 11.3 Å². The molecule has 0 aliphatic rings. The number of ether oxygens (including phenoxy) is 5. The average molecular weight is 826 g/mol. The van der Waals surface area contributed by atoms with E-state index in [0.717, 1.165) is 0 Å². The normalized spacial score (nSPS) is 14.1. The molecule has 1 aromatic rings. The van der Waals surface area contributed by atoms with E-state index in [1.165, 1.54) is 19.1 Å². The van der Waals surface area contributed by atoms with Crippen LogP contribution in [0.3, 0.4) is 0 Å². The van der Waals surface area contributed by atoms with Crippen LogP contribution in [-0.2, 0) is 33.3 Å². The third-order valence-electron chi connectivity index (χ3n) is 7.68. The zero-order valence-corrected chi connectivity index (χ0v) is 28.7. The van der Waals surface area contributed by atoms with Crippen molar-refractivity contribution >= 4 is 17.9 Å². The zero-order chi connectivity index (χ0) is 42.3. The van der Waals surface area contributed by atoms with Crippen LogP contribution >= 0.6 is 0 Å².